The second kappa shape index (κ2) is 5.64. The molecule has 0 spiro atoms. The quantitative estimate of drug-likeness (QED) is 0.689. The fraction of sp³-hybridized carbons (Fsp3) is 1.00. The predicted molar refractivity (Wildman–Crippen MR) is 82.2 cm³/mol. The van der Waals surface area contributed by atoms with Gasteiger partial charge in [-0.05, 0) is 38.7 Å². The summed E-state index contributed by atoms with van der Waals surface area (Å²) >= 11 is 0. The van der Waals surface area contributed by atoms with E-state index in [2.05, 4.69) is 67.2 Å². The summed E-state index contributed by atoms with van der Waals surface area (Å²) in [5.41, 5.74) is 0.447. The van der Waals surface area contributed by atoms with E-state index >= 15 is 0 Å². The van der Waals surface area contributed by atoms with Gasteiger partial charge in [-0.15, -0.1) is 0 Å². The van der Waals surface area contributed by atoms with E-state index in [1.54, 1.807) is 0 Å². The first-order valence-corrected chi connectivity index (χ1v) is 8.68. The third-order valence-electron chi connectivity index (χ3n) is 2.15. The average Bonchev–Trinajstić information content (AvgIpc) is 1.90. The van der Waals surface area contributed by atoms with Gasteiger partial charge in [0.2, 0.25) is 0 Å². The van der Waals surface area contributed by atoms with Gasteiger partial charge >= 0.3 is 0 Å². The van der Waals surface area contributed by atoms with Gasteiger partial charge in [-0.25, -0.2) is 0 Å². The van der Waals surface area contributed by atoms with Crippen molar-refractivity contribution in [2.24, 2.45) is 5.41 Å². The molecule has 0 aliphatic heterocycles. The van der Waals surface area contributed by atoms with Crippen LogP contribution < -0.4 is 4.86 Å². The van der Waals surface area contributed by atoms with Gasteiger partial charge in [0.05, 0.1) is 0 Å². The summed E-state index contributed by atoms with van der Waals surface area (Å²) in [5, 5.41) is 0.775. The first-order chi connectivity index (χ1) is 6.84. The summed E-state index contributed by atoms with van der Waals surface area (Å²) in [6.07, 6.45) is 1.28. The van der Waals surface area contributed by atoms with Crippen molar-refractivity contribution in [3.05, 3.63) is 0 Å². The second-order valence-electron chi connectivity index (χ2n) is 7.70. The van der Waals surface area contributed by atoms with Crippen LogP contribution >= 0.6 is 16.8 Å². The van der Waals surface area contributed by atoms with Gasteiger partial charge in [0.15, 0.2) is 0 Å². The molecule has 0 bridgehead atoms. The Morgan fingerprint density at radius 3 is 1.44 bits per heavy atom. The number of rotatable bonds is 3. The van der Waals surface area contributed by atoms with Gasteiger partial charge in [-0.1, -0.05) is 62.3 Å². The van der Waals surface area contributed by atoms with Gasteiger partial charge in [0, 0.05) is 0 Å². The van der Waals surface area contributed by atoms with Crippen LogP contribution in [0.3, 0.4) is 0 Å². The highest BCUT2D eigenvalue weighted by Gasteiger charge is 2.34. The standard InChI is InChI=1S/C13H31NP2/c1-11(2,3)10-15-14-16(12(4,5)6)13(7,8)9/h14-15H,10H2,1-9H3. The molecular weight excluding hydrogens is 232 g/mol. The second-order valence-corrected chi connectivity index (χ2v) is 12.7. The Balaban J connectivity index is 4.38. The van der Waals surface area contributed by atoms with Crippen molar-refractivity contribution in [1.82, 2.24) is 4.86 Å². The molecule has 0 saturated carbocycles. The van der Waals surface area contributed by atoms with Gasteiger partial charge in [-0.3, -0.25) is 4.86 Å². The molecule has 0 aromatic heterocycles. The van der Waals surface area contributed by atoms with Crippen LogP contribution in [-0.4, -0.2) is 16.5 Å². The molecule has 0 aliphatic carbocycles. The van der Waals surface area contributed by atoms with E-state index in [9.17, 15) is 0 Å². The van der Waals surface area contributed by atoms with Crippen LogP contribution in [0.25, 0.3) is 0 Å². The van der Waals surface area contributed by atoms with Gasteiger partial charge in [0.25, 0.3) is 0 Å². The van der Waals surface area contributed by atoms with Crippen molar-refractivity contribution in [3.63, 3.8) is 0 Å². The molecule has 98 valence electrons. The molecule has 3 heteroatoms. The van der Waals surface area contributed by atoms with Crippen LogP contribution in [0.15, 0.2) is 0 Å². The summed E-state index contributed by atoms with van der Waals surface area (Å²) in [6, 6.07) is 0. The first kappa shape index (κ1) is 16.8. The highest BCUT2D eigenvalue weighted by atomic mass is 31.2. The lowest BCUT2D eigenvalue weighted by Crippen LogP contribution is -2.30. The van der Waals surface area contributed by atoms with Crippen LogP contribution in [0.2, 0.25) is 0 Å². The van der Waals surface area contributed by atoms with Crippen LogP contribution in [0.5, 0.6) is 0 Å². The topological polar surface area (TPSA) is 12.0 Å². The van der Waals surface area contributed by atoms with Crippen LogP contribution in [0.4, 0.5) is 0 Å². The minimum absolute atomic E-state index is 0.133. The maximum atomic E-state index is 3.85. The maximum Gasteiger partial charge on any atom is -0.00417 e. The largest absolute Gasteiger partial charge is 0.275 e. The van der Waals surface area contributed by atoms with E-state index in [1.165, 1.54) is 6.16 Å². The van der Waals surface area contributed by atoms with E-state index in [0.717, 1.165) is 8.73 Å². The molecule has 0 aliphatic rings. The molecule has 0 aromatic rings. The van der Waals surface area contributed by atoms with Crippen molar-refractivity contribution >= 4 is 16.8 Å². The zero-order chi connectivity index (χ0) is 13.2. The third-order valence-corrected chi connectivity index (χ3v) is 7.60. The SMILES string of the molecule is CC(C)(C)CPNP(C(C)(C)C)C(C)(C)C. The summed E-state index contributed by atoms with van der Waals surface area (Å²) in [7, 11) is 0.756. The Labute approximate surface area is 106 Å². The molecule has 0 saturated heterocycles. The van der Waals surface area contributed by atoms with E-state index in [4.69, 9.17) is 0 Å². The minimum atomic E-state index is -0.133. The highest BCUT2D eigenvalue weighted by molar-refractivity contribution is 7.66. The fourth-order valence-corrected chi connectivity index (χ4v) is 7.90. The lowest BCUT2D eigenvalue weighted by atomic mass is 10.0. The smallest absolute Gasteiger partial charge is 0.00417 e. The zero-order valence-corrected chi connectivity index (χ0v) is 14.5. The summed E-state index contributed by atoms with van der Waals surface area (Å²) in [5.74, 6) is 0. The molecule has 1 N–H and O–H groups in total. The Kier molecular flexibility index (Phi) is 5.93. The highest BCUT2D eigenvalue weighted by Crippen LogP contribution is 2.58. The fourth-order valence-electron chi connectivity index (χ4n) is 1.73. The van der Waals surface area contributed by atoms with Gasteiger partial charge in [0.1, 0.15) is 0 Å². The first-order valence-electron chi connectivity index (χ1n) is 6.13. The average molecular weight is 263 g/mol. The molecule has 0 rings (SSSR count). The van der Waals surface area contributed by atoms with Crippen molar-refractivity contribution in [2.75, 3.05) is 6.16 Å². The Morgan fingerprint density at radius 1 is 0.812 bits per heavy atom. The molecule has 0 amide bonds. The Morgan fingerprint density at radius 2 is 1.19 bits per heavy atom. The normalized spacial score (nSPS) is 15.4. The summed E-state index contributed by atoms with van der Waals surface area (Å²) < 4.78 is 0. The van der Waals surface area contributed by atoms with E-state index < -0.39 is 0 Å². The van der Waals surface area contributed by atoms with Crippen molar-refractivity contribution in [1.29, 1.82) is 0 Å². The molecule has 0 heterocycles. The summed E-state index contributed by atoms with van der Waals surface area (Å²) in [6.45, 7) is 21.1. The molecular formula is C13H31NP2. The number of nitrogens with one attached hydrogen (secondary N) is 1. The molecule has 0 aromatic carbocycles. The van der Waals surface area contributed by atoms with Gasteiger partial charge < -0.3 is 0 Å². The van der Waals surface area contributed by atoms with Crippen molar-refractivity contribution < 1.29 is 0 Å². The predicted octanol–water partition coefficient (Wildman–Crippen LogP) is 5.21. The van der Waals surface area contributed by atoms with Crippen LogP contribution in [0.1, 0.15) is 62.3 Å². The maximum absolute atomic E-state index is 3.85. The third kappa shape index (κ3) is 7.21. The van der Waals surface area contributed by atoms with E-state index in [-0.39, 0.29) is 8.07 Å². The Bertz CT molecular complexity index is 191. The number of hydrogen-bond acceptors (Lipinski definition) is 1. The summed E-state index contributed by atoms with van der Waals surface area (Å²) in [4.78, 5) is 3.85. The minimum Gasteiger partial charge on any atom is -0.275 e. The van der Waals surface area contributed by atoms with Gasteiger partial charge in [-0.2, -0.15) is 0 Å². The molecule has 0 radical (unpaired) electrons. The van der Waals surface area contributed by atoms with Crippen LogP contribution in [0, 0.1) is 5.41 Å². The number of hydrogen-bond donors (Lipinski definition) is 1. The van der Waals surface area contributed by atoms with Crippen molar-refractivity contribution in [3.8, 4) is 0 Å². The monoisotopic (exact) mass is 263 g/mol. The van der Waals surface area contributed by atoms with Crippen LogP contribution in [-0.2, 0) is 0 Å². The molecule has 16 heavy (non-hydrogen) atoms. The molecule has 1 atom stereocenters. The Hall–Kier alpha value is 0.820. The lowest BCUT2D eigenvalue weighted by Gasteiger charge is -2.42. The molecule has 1 nitrogen and oxygen atoms in total. The van der Waals surface area contributed by atoms with E-state index in [0.29, 0.717) is 15.7 Å². The van der Waals surface area contributed by atoms with Crippen molar-refractivity contribution in [2.45, 2.75) is 72.6 Å². The molecule has 0 fully saturated rings. The zero-order valence-electron chi connectivity index (χ0n) is 12.7. The molecule has 1 unspecified atom stereocenters. The van der Waals surface area contributed by atoms with E-state index in [1.807, 2.05) is 0 Å². The lowest BCUT2D eigenvalue weighted by molar-refractivity contribution is 0.478.